The predicted octanol–water partition coefficient (Wildman–Crippen LogP) is 2.64. The minimum Gasteiger partial charge on any atom is -0.351 e. The van der Waals surface area contributed by atoms with Gasteiger partial charge in [0.05, 0.1) is 0 Å². The Kier molecular flexibility index (Phi) is 3.35. The summed E-state index contributed by atoms with van der Waals surface area (Å²) in [7, 11) is 0. The second kappa shape index (κ2) is 5.16. The number of fused-ring (bicyclic) bond motifs is 1. The lowest BCUT2D eigenvalue weighted by atomic mass is 10.0. The SMILES string of the molecule is Cc1ccc2n1[C@@H](C)C(=O)N[C@@H](Cc1ccccc1)C2. The molecule has 1 aromatic heterocycles. The molecule has 0 fully saturated rings. The molecule has 3 nitrogen and oxygen atoms in total. The summed E-state index contributed by atoms with van der Waals surface area (Å²) >= 11 is 0. The highest BCUT2D eigenvalue weighted by Crippen LogP contribution is 2.22. The molecule has 1 amide bonds. The zero-order valence-electron chi connectivity index (χ0n) is 12.0. The van der Waals surface area contributed by atoms with Crippen LogP contribution in [0.2, 0.25) is 0 Å². The van der Waals surface area contributed by atoms with Gasteiger partial charge in [0.2, 0.25) is 5.91 Å². The van der Waals surface area contributed by atoms with Crippen molar-refractivity contribution in [1.29, 1.82) is 0 Å². The number of nitrogens with zero attached hydrogens (tertiary/aromatic N) is 1. The first kappa shape index (κ1) is 13.0. The summed E-state index contributed by atoms with van der Waals surface area (Å²) in [5.41, 5.74) is 3.67. The first-order chi connectivity index (χ1) is 9.65. The third kappa shape index (κ3) is 2.36. The van der Waals surface area contributed by atoms with Gasteiger partial charge in [0.15, 0.2) is 0 Å². The Morgan fingerprint density at radius 3 is 2.70 bits per heavy atom. The number of hydrogen-bond donors (Lipinski definition) is 1. The van der Waals surface area contributed by atoms with E-state index < -0.39 is 0 Å². The lowest BCUT2D eigenvalue weighted by Crippen LogP contribution is -2.38. The van der Waals surface area contributed by atoms with Crippen LogP contribution < -0.4 is 5.32 Å². The van der Waals surface area contributed by atoms with Crippen molar-refractivity contribution in [3.63, 3.8) is 0 Å². The maximum atomic E-state index is 12.3. The molecule has 0 saturated carbocycles. The van der Waals surface area contributed by atoms with Crippen LogP contribution in [0.4, 0.5) is 0 Å². The maximum Gasteiger partial charge on any atom is 0.243 e. The highest BCUT2D eigenvalue weighted by Gasteiger charge is 2.27. The van der Waals surface area contributed by atoms with E-state index in [2.05, 4.69) is 41.1 Å². The summed E-state index contributed by atoms with van der Waals surface area (Å²) in [5.74, 6) is 0.115. The second-order valence-electron chi connectivity index (χ2n) is 5.61. The molecule has 0 radical (unpaired) electrons. The molecule has 104 valence electrons. The predicted molar refractivity (Wildman–Crippen MR) is 79.7 cm³/mol. The Balaban J connectivity index is 1.87. The summed E-state index contributed by atoms with van der Waals surface area (Å²) in [6, 6.07) is 14.6. The van der Waals surface area contributed by atoms with Gasteiger partial charge in [-0.3, -0.25) is 4.79 Å². The van der Waals surface area contributed by atoms with Crippen LogP contribution in [0.3, 0.4) is 0 Å². The summed E-state index contributed by atoms with van der Waals surface area (Å²) in [6.45, 7) is 4.03. The van der Waals surface area contributed by atoms with Gasteiger partial charge in [-0.25, -0.2) is 0 Å². The standard InChI is InChI=1S/C17H20N2O/c1-12-8-9-16-11-15(10-14-6-4-3-5-7-14)18-17(20)13(2)19(12)16/h3-9,13,15H,10-11H2,1-2H3,(H,18,20)/t13-,15-/m0/s1. The van der Waals surface area contributed by atoms with Crippen LogP contribution in [0.1, 0.15) is 29.9 Å². The maximum absolute atomic E-state index is 12.3. The number of aryl methyl sites for hydroxylation is 1. The lowest BCUT2D eigenvalue weighted by molar-refractivity contribution is -0.124. The molecule has 0 spiro atoms. The van der Waals surface area contributed by atoms with E-state index in [0.29, 0.717) is 0 Å². The van der Waals surface area contributed by atoms with Gasteiger partial charge < -0.3 is 9.88 Å². The summed E-state index contributed by atoms with van der Waals surface area (Å²) in [5, 5.41) is 3.18. The van der Waals surface area contributed by atoms with E-state index in [0.717, 1.165) is 18.5 Å². The molecule has 0 bridgehead atoms. The van der Waals surface area contributed by atoms with Crippen molar-refractivity contribution >= 4 is 5.91 Å². The van der Waals surface area contributed by atoms with Gasteiger partial charge in [0.25, 0.3) is 0 Å². The van der Waals surface area contributed by atoms with E-state index in [-0.39, 0.29) is 18.0 Å². The van der Waals surface area contributed by atoms with Gasteiger partial charge >= 0.3 is 0 Å². The molecule has 0 unspecified atom stereocenters. The van der Waals surface area contributed by atoms with E-state index in [1.54, 1.807) is 0 Å². The van der Waals surface area contributed by atoms with Crippen LogP contribution in [0.15, 0.2) is 42.5 Å². The van der Waals surface area contributed by atoms with Crippen molar-refractivity contribution in [2.75, 3.05) is 0 Å². The minimum atomic E-state index is -0.124. The van der Waals surface area contributed by atoms with Gasteiger partial charge in [-0.05, 0) is 38.0 Å². The van der Waals surface area contributed by atoms with Crippen molar-refractivity contribution in [1.82, 2.24) is 9.88 Å². The lowest BCUT2D eigenvalue weighted by Gasteiger charge is -2.16. The Hall–Kier alpha value is -2.03. The fourth-order valence-corrected chi connectivity index (χ4v) is 3.09. The van der Waals surface area contributed by atoms with Gasteiger partial charge in [0, 0.05) is 23.9 Å². The third-order valence-electron chi connectivity index (χ3n) is 4.10. The molecule has 1 aliphatic rings. The molecule has 1 aromatic carbocycles. The molecular weight excluding hydrogens is 248 g/mol. The number of rotatable bonds is 2. The Labute approximate surface area is 119 Å². The molecule has 0 aliphatic carbocycles. The number of aromatic nitrogens is 1. The van der Waals surface area contributed by atoms with Crippen LogP contribution in [0.25, 0.3) is 0 Å². The van der Waals surface area contributed by atoms with Crippen molar-refractivity contribution in [3.05, 3.63) is 59.4 Å². The summed E-state index contributed by atoms with van der Waals surface area (Å²) in [4.78, 5) is 12.3. The van der Waals surface area contributed by atoms with Gasteiger partial charge in [0.1, 0.15) is 6.04 Å². The number of nitrogens with one attached hydrogen (secondary N) is 1. The van der Waals surface area contributed by atoms with Crippen LogP contribution in [-0.2, 0) is 17.6 Å². The average Bonchev–Trinajstić information content (AvgIpc) is 2.74. The fourth-order valence-electron chi connectivity index (χ4n) is 3.09. The monoisotopic (exact) mass is 268 g/mol. The van der Waals surface area contributed by atoms with Crippen molar-refractivity contribution in [2.24, 2.45) is 0 Å². The van der Waals surface area contributed by atoms with Gasteiger partial charge in [-0.2, -0.15) is 0 Å². The highest BCUT2D eigenvalue weighted by atomic mass is 16.2. The number of benzene rings is 1. The highest BCUT2D eigenvalue weighted by molar-refractivity contribution is 5.81. The molecule has 2 heterocycles. The molecule has 0 saturated heterocycles. The third-order valence-corrected chi connectivity index (χ3v) is 4.10. The second-order valence-corrected chi connectivity index (χ2v) is 5.61. The van der Waals surface area contributed by atoms with Gasteiger partial charge in [-0.15, -0.1) is 0 Å². The largest absolute Gasteiger partial charge is 0.351 e. The zero-order chi connectivity index (χ0) is 14.1. The first-order valence-electron chi connectivity index (χ1n) is 7.16. The number of hydrogen-bond acceptors (Lipinski definition) is 1. The van der Waals surface area contributed by atoms with E-state index in [4.69, 9.17) is 0 Å². The Morgan fingerprint density at radius 2 is 1.95 bits per heavy atom. The number of carbonyl (C=O) groups excluding carboxylic acids is 1. The molecule has 2 aromatic rings. The summed E-state index contributed by atoms with van der Waals surface area (Å²) < 4.78 is 2.15. The van der Waals surface area contributed by atoms with Crippen molar-refractivity contribution in [3.8, 4) is 0 Å². The Morgan fingerprint density at radius 1 is 1.20 bits per heavy atom. The molecule has 3 rings (SSSR count). The van der Waals surface area contributed by atoms with Crippen LogP contribution in [0.5, 0.6) is 0 Å². The van der Waals surface area contributed by atoms with Crippen LogP contribution in [-0.4, -0.2) is 16.5 Å². The van der Waals surface area contributed by atoms with Crippen molar-refractivity contribution in [2.45, 2.75) is 38.8 Å². The smallest absolute Gasteiger partial charge is 0.243 e. The normalized spacial score (nSPS) is 22.0. The van der Waals surface area contributed by atoms with Crippen LogP contribution in [0, 0.1) is 6.92 Å². The number of carbonyl (C=O) groups is 1. The van der Waals surface area contributed by atoms with E-state index in [1.807, 2.05) is 25.1 Å². The quantitative estimate of drug-likeness (QED) is 0.892. The molecule has 1 aliphatic heterocycles. The van der Waals surface area contributed by atoms with E-state index in [9.17, 15) is 4.79 Å². The molecule has 20 heavy (non-hydrogen) atoms. The topological polar surface area (TPSA) is 34.0 Å². The zero-order valence-corrected chi connectivity index (χ0v) is 12.0. The average molecular weight is 268 g/mol. The first-order valence-corrected chi connectivity index (χ1v) is 7.16. The number of amides is 1. The molecule has 3 heteroatoms. The molecule has 2 atom stereocenters. The van der Waals surface area contributed by atoms with Crippen molar-refractivity contribution < 1.29 is 4.79 Å². The molecule has 1 N–H and O–H groups in total. The fraction of sp³-hybridized carbons (Fsp3) is 0.353. The Bertz CT molecular complexity index is 615. The van der Waals surface area contributed by atoms with E-state index >= 15 is 0 Å². The van der Waals surface area contributed by atoms with Crippen LogP contribution >= 0.6 is 0 Å². The minimum absolute atomic E-state index is 0.115. The van der Waals surface area contributed by atoms with E-state index in [1.165, 1.54) is 11.3 Å². The molecular formula is C17H20N2O. The summed E-state index contributed by atoms with van der Waals surface area (Å²) in [6.07, 6.45) is 1.77. The van der Waals surface area contributed by atoms with Gasteiger partial charge in [-0.1, -0.05) is 30.3 Å².